The first-order chi connectivity index (χ1) is 11.2. The van der Waals surface area contributed by atoms with E-state index in [9.17, 15) is 4.79 Å². The highest BCUT2D eigenvalue weighted by atomic mass is 32.2. The molecule has 3 rings (SSSR count). The van der Waals surface area contributed by atoms with Crippen molar-refractivity contribution in [2.45, 2.75) is 17.8 Å². The number of carbonyl (C=O) groups is 1. The molecule has 7 heteroatoms. The van der Waals surface area contributed by atoms with E-state index in [1.807, 2.05) is 36.4 Å². The van der Waals surface area contributed by atoms with E-state index in [1.54, 1.807) is 6.07 Å². The largest absolute Gasteiger partial charge is 0.326 e. The van der Waals surface area contributed by atoms with Crippen LogP contribution in [-0.2, 0) is 10.5 Å². The van der Waals surface area contributed by atoms with Gasteiger partial charge in [-0.1, -0.05) is 48.2 Å². The zero-order valence-corrected chi connectivity index (χ0v) is 13.3. The molecule has 6 nitrogen and oxygen atoms in total. The minimum absolute atomic E-state index is 0.118. The molecule has 0 fully saturated rings. The highest BCUT2D eigenvalue weighted by molar-refractivity contribution is 7.98. The summed E-state index contributed by atoms with van der Waals surface area (Å²) in [5.74, 6) is 0.672. The predicted octanol–water partition coefficient (Wildman–Crippen LogP) is 2.91. The average Bonchev–Trinajstić information content (AvgIpc) is 3.03. The summed E-state index contributed by atoms with van der Waals surface area (Å²) in [5.41, 5.74) is 2.66. The van der Waals surface area contributed by atoms with E-state index in [1.165, 1.54) is 29.0 Å². The van der Waals surface area contributed by atoms with Crippen molar-refractivity contribution in [3.63, 3.8) is 0 Å². The number of amides is 1. The van der Waals surface area contributed by atoms with Crippen LogP contribution in [0.4, 0.5) is 5.69 Å². The molecule has 0 bridgehead atoms. The molecule has 0 radical (unpaired) electrons. The molecule has 0 saturated heterocycles. The van der Waals surface area contributed by atoms with E-state index in [-0.39, 0.29) is 5.91 Å². The summed E-state index contributed by atoms with van der Waals surface area (Å²) in [6.07, 6.45) is 0. The van der Waals surface area contributed by atoms with Crippen molar-refractivity contribution in [3.05, 3.63) is 60.2 Å². The first-order valence-electron chi connectivity index (χ1n) is 7.05. The molecule has 0 saturated carbocycles. The molecule has 1 heterocycles. The monoisotopic (exact) mass is 325 g/mol. The number of thioether (sulfide) groups is 1. The van der Waals surface area contributed by atoms with Crippen molar-refractivity contribution in [2.24, 2.45) is 0 Å². The van der Waals surface area contributed by atoms with E-state index < -0.39 is 0 Å². The molecule has 23 heavy (non-hydrogen) atoms. The number of rotatable bonds is 5. The van der Waals surface area contributed by atoms with E-state index in [0.717, 1.165) is 11.4 Å². The van der Waals surface area contributed by atoms with Crippen LogP contribution in [0.5, 0.6) is 0 Å². The number of tetrazole rings is 1. The zero-order chi connectivity index (χ0) is 16.1. The molecule has 2 aromatic carbocycles. The van der Waals surface area contributed by atoms with Crippen molar-refractivity contribution >= 4 is 23.4 Å². The van der Waals surface area contributed by atoms with Gasteiger partial charge in [-0.2, -0.15) is 0 Å². The maximum atomic E-state index is 11.1. The van der Waals surface area contributed by atoms with Crippen LogP contribution in [0.15, 0.2) is 59.8 Å². The molecular formula is C16H15N5OS. The van der Waals surface area contributed by atoms with Crippen LogP contribution in [-0.4, -0.2) is 26.1 Å². The second kappa shape index (κ2) is 7.06. The van der Waals surface area contributed by atoms with Gasteiger partial charge in [0.1, 0.15) is 0 Å². The number of anilines is 1. The van der Waals surface area contributed by atoms with E-state index in [4.69, 9.17) is 0 Å². The highest BCUT2D eigenvalue weighted by Gasteiger charge is 2.07. The van der Waals surface area contributed by atoms with Gasteiger partial charge >= 0.3 is 0 Å². The van der Waals surface area contributed by atoms with Gasteiger partial charge in [-0.3, -0.25) is 4.79 Å². The second-order valence-corrected chi connectivity index (χ2v) is 5.81. The lowest BCUT2D eigenvalue weighted by molar-refractivity contribution is -0.114. The van der Waals surface area contributed by atoms with Crippen LogP contribution in [0, 0.1) is 0 Å². The molecule has 1 aromatic heterocycles. The molecule has 0 aliphatic heterocycles. The molecule has 3 aromatic rings. The topological polar surface area (TPSA) is 72.7 Å². The molecule has 0 aliphatic carbocycles. The Morgan fingerprint density at radius 2 is 2.00 bits per heavy atom. The van der Waals surface area contributed by atoms with Crippen LogP contribution in [0.1, 0.15) is 12.5 Å². The lowest BCUT2D eigenvalue weighted by Gasteiger charge is -2.03. The number of nitrogens with zero attached hydrogens (tertiary/aromatic N) is 4. The molecular weight excluding hydrogens is 310 g/mol. The van der Waals surface area contributed by atoms with Gasteiger partial charge < -0.3 is 5.32 Å². The molecule has 1 amide bonds. The van der Waals surface area contributed by atoms with E-state index in [2.05, 4.69) is 32.9 Å². The highest BCUT2D eigenvalue weighted by Crippen LogP contribution is 2.19. The quantitative estimate of drug-likeness (QED) is 0.730. The zero-order valence-electron chi connectivity index (χ0n) is 12.5. The lowest BCUT2D eigenvalue weighted by atomic mass is 10.2. The first-order valence-corrected chi connectivity index (χ1v) is 8.04. The third-order valence-corrected chi connectivity index (χ3v) is 3.90. The summed E-state index contributed by atoms with van der Waals surface area (Å²) in [4.78, 5) is 12.6. The molecule has 0 aliphatic rings. The van der Waals surface area contributed by atoms with Gasteiger partial charge in [0.25, 0.3) is 0 Å². The van der Waals surface area contributed by atoms with Crippen LogP contribution in [0.2, 0.25) is 0 Å². The fourth-order valence-corrected chi connectivity index (χ4v) is 2.72. The summed E-state index contributed by atoms with van der Waals surface area (Å²) in [5, 5.41) is 15.8. The van der Waals surface area contributed by atoms with Crippen LogP contribution >= 0.6 is 11.8 Å². The fourth-order valence-electron chi connectivity index (χ4n) is 2.00. The lowest BCUT2D eigenvalue weighted by Crippen LogP contribution is -2.07. The number of nitrogens with one attached hydrogen (secondary N) is 1. The van der Waals surface area contributed by atoms with Crippen LogP contribution in [0.3, 0.4) is 0 Å². The summed E-state index contributed by atoms with van der Waals surface area (Å²) in [7, 11) is 0. The second-order valence-electron chi connectivity index (χ2n) is 4.87. The van der Waals surface area contributed by atoms with Crippen molar-refractivity contribution in [1.82, 2.24) is 20.2 Å². The number of hydrogen-bond donors (Lipinski definition) is 1. The molecule has 0 unspecified atom stereocenters. The number of benzene rings is 2. The molecule has 116 valence electrons. The summed E-state index contributed by atoms with van der Waals surface area (Å²) in [6, 6.07) is 17.4. The third kappa shape index (κ3) is 4.17. The first kappa shape index (κ1) is 15.2. The van der Waals surface area contributed by atoms with Crippen molar-refractivity contribution in [1.29, 1.82) is 0 Å². The van der Waals surface area contributed by atoms with Gasteiger partial charge in [0, 0.05) is 18.4 Å². The maximum Gasteiger partial charge on any atom is 0.231 e. The standard InChI is InChI=1S/C16H15N5OS/c1-12(22)17-14-8-5-9-15(10-14)21-19-16(18-20-21)23-11-13-6-3-2-4-7-13/h2-10H,11H2,1H3,(H,17,22). The number of carbonyl (C=O) groups excluding carboxylic acids is 1. The van der Waals surface area contributed by atoms with Crippen molar-refractivity contribution < 1.29 is 4.79 Å². The van der Waals surface area contributed by atoms with Crippen molar-refractivity contribution in [2.75, 3.05) is 5.32 Å². The van der Waals surface area contributed by atoms with Gasteiger partial charge in [-0.05, 0) is 29.0 Å². The minimum atomic E-state index is -0.118. The Morgan fingerprint density at radius 1 is 1.17 bits per heavy atom. The summed E-state index contributed by atoms with van der Waals surface area (Å²) in [6.45, 7) is 1.47. The van der Waals surface area contributed by atoms with E-state index in [0.29, 0.717) is 10.8 Å². The average molecular weight is 325 g/mol. The van der Waals surface area contributed by atoms with Crippen LogP contribution < -0.4 is 5.32 Å². The van der Waals surface area contributed by atoms with Crippen molar-refractivity contribution in [3.8, 4) is 5.69 Å². The maximum absolute atomic E-state index is 11.1. The van der Waals surface area contributed by atoms with Gasteiger partial charge in [0.05, 0.1) is 5.69 Å². The summed E-state index contributed by atoms with van der Waals surface area (Å²) < 4.78 is 0. The van der Waals surface area contributed by atoms with Gasteiger partial charge in [0.2, 0.25) is 11.1 Å². The summed E-state index contributed by atoms with van der Waals surface area (Å²) >= 11 is 1.53. The third-order valence-electron chi connectivity index (χ3n) is 3.00. The Bertz CT molecular complexity index is 803. The van der Waals surface area contributed by atoms with E-state index >= 15 is 0 Å². The Morgan fingerprint density at radius 3 is 2.78 bits per heavy atom. The van der Waals surface area contributed by atoms with Gasteiger partial charge in [-0.25, -0.2) is 0 Å². The fraction of sp³-hybridized carbons (Fsp3) is 0.125. The SMILES string of the molecule is CC(=O)Nc1cccc(-n2nnc(SCc3ccccc3)n2)c1. The Hall–Kier alpha value is -2.67. The minimum Gasteiger partial charge on any atom is -0.326 e. The van der Waals surface area contributed by atoms with Crippen LogP contribution in [0.25, 0.3) is 5.69 Å². The molecule has 1 N–H and O–H groups in total. The Kier molecular flexibility index (Phi) is 4.68. The number of aromatic nitrogens is 4. The van der Waals surface area contributed by atoms with Gasteiger partial charge in [-0.15, -0.1) is 15.0 Å². The predicted molar refractivity (Wildman–Crippen MR) is 89.5 cm³/mol. The molecule has 0 atom stereocenters. The smallest absolute Gasteiger partial charge is 0.231 e. The van der Waals surface area contributed by atoms with Gasteiger partial charge in [0.15, 0.2) is 0 Å². The number of hydrogen-bond acceptors (Lipinski definition) is 5. The molecule has 0 spiro atoms. The normalized spacial score (nSPS) is 10.5. The Balaban J connectivity index is 1.70. The Labute approximate surface area is 137 Å².